The van der Waals surface area contributed by atoms with Gasteiger partial charge < -0.3 is 5.73 Å². The highest BCUT2D eigenvalue weighted by molar-refractivity contribution is 7.10. The van der Waals surface area contributed by atoms with E-state index in [1.54, 1.807) is 22.7 Å². The monoisotopic (exact) mass is 282 g/mol. The molecule has 2 heterocycles. The summed E-state index contributed by atoms with van der Waals surface area (Å²) in [5, 5.41) is 4.07. The van der Waals surface area contributed by atoms with Crippen molar-refractivity contribution in [1.29, 1.82) is 0 Å². The van der Waals surface area contributed by atoms with E-state index in [2.05, 4.69) is 11.5 Å². The van der Waals surface area contributed by atoms with Crippen molar-refractivity contribution in [2.24, 2.45) is 5.73 Å². The number of nitrogens with one attached hydrogen (secondary N) is 1. The molecule has 0 radical (unpaired) electrons. The Morgan fingerprint density at radius 3 is 2.72 bits per heavy atom. The van der Waals surface area contributed by atoms with Crippen LogP contribution in [0.3, 0.4) is 0 Å². The maximum absolute atomic E-state index is 10.6. The summed E-state index contributed by atoms with van der Waals surface area (Å²) in [6.45, 7) is -0.119. The minimum Gasteiger partial charge on any atom is -0.368 e. The van der Waals surface area contributed by atoms with Crippen LogP contribution in [0.1, 0.15) is 15.8 Å². The van der Waals surface area contributed by atoms with Crippen molar-refractivity contribution in [3.8, 4) is 0 Å². The lowest BCUT2D eigenvalue weighted by Gasteiger charge is -2.15. The molecule has 0 aromatic carbocycles. The Morgan fingerprint density at radius 1 is 1.33 bits per heavy atom. The average Bonchev–Trinajstić information content (AvgIpc) is 3.00. The third-order valence-electron chi connectivity index (χ3n) is 2.31. The fraction of sp³-hybridized carbons (Fsp3) is 0.250. The summed E-state index contributed by atoms with van der Waals surface area (Å²) in [6.07, 6.45) is 0.830. The maximum atomic E-state index is 10.6. The zero-order chi connectivity index (χ0) is 12.8. The zero-order valence-electron chi connectivity index (χ0n) is 9.67. The Bertz CT molecular complexity index is 468. The van der Waals surface area contributed by atoms with E-state index >= 15 is 0 Å². The minimum atomic E-state index is -0.483. The molecule has 4 nitrogen and oxygen atoms in total. The standard InChI is InChI=1S/C12H14N2O2S2/c13-12(15)8-16-14-10(11-4-2-6-18-11)7-9-3-1-5-17-9/h1-6,10,14H,7-8H2,(H2,13,15). The van der Waals surface area contributed by atoms with Crippen molar-refractivity contribution in [2.45, 2.75) is 12.5 Å². The Labute approximate surface area is 113 Å². The summed E-state index contributed by atoms with van der Waals surface area (Å²) in [7, 11) is 0. The third kappa shape index (κ3) is 3.92. The van der Waals surface area contributed by atoms with Gasteiger partial charge in [0.1, 0.15) is 6.61 Å². The van der Waals surface area contributed by atoms with Crippen LogP contribution in [0.2, 0.25) is 0 Å². The van der Waals surface area contributed by atoms with Crippen LogP contribution in [-0.2, 0) is 16.1 Å². The van der Waals surface area contributed by atoms with Crippen molar-refractivity contribution in [3.63, 3.8) is 0 Å². The van der Waals surface area contributed by atoms with Crippen LogP contribution in [0, 0.1) is 0 Å². The van der Waals surface area contributed by atoms with Crippen LogP contribution in [-0.4, -0.2) is 12.5 Å². The third-order valence-corrected chi connectivity index (χ3v) is 4.20. The molecule has 2 aromatic rings. The van der Waals surface area contributed by atoms with Gasteiger partial charge >= 0.3 is 0 Å². The van der Waals surface area contributed by atoms with E-state index in [9.17, 15) is 4.79 Å². The van der Waals surface area contributed by atoms with Crippen LogP contribution in [0.4, 0.5) is 0 Å². The van der Waals surface area contributed by atoms with Crippen LogP contribution in [0.5, 0.6) is 0 Å². The van der Waals surface area contributed by atoms with Gasteiger partial charge in [-0.1, -0.05) is 12.1 Å². The largest absolute Gasteiger partial charge is 0.368 e. The molecule has 18 heavy (non-hydrogen) atoms. The van der Waals surface area contributed by atoms with E-state index in [1.165, 1.54) is 9.75 Å². The van der Waals surface area contributed by atoms with Crippen molar-refractivity contribution >= 4 is 28.6 Å². The number of primary amides is 1. The molecule has 1 amide bonds. The molecule has 3 N–H and O–H groups in total. The smallest absolute Gasteiger partial charge is 0.245 e. The van der Waals surface area contributed by atoms with E-state index in [1.807, 2.05) is 29.0 Å². The van der Waals surface area contributed by atoms with Crippen molar-refractivity contribution < 1.29 is 9.63 Å². The summed E-state index contributed by atoms with van der Waals surface area (Å²) in [6, 6.07) is 8.19. The summed E-state index contributed by atoms with van der Waals surface area (Å²) in [5.41, 5.74) is 7.94. The SMILES string of the molecule is NC(=O)CONC(Cc1cccs1)c1cccs1. The first-order valence-electron chi connectivity index (χ1n) is 5.47. The summed E-state index contributed by atoms with van der Waals surface area (Å²) in [4.78, 5) is 18.2. The molecule has 2 aromatic heterocycles. The maximum Gasteiger partial charge on any atom is 0.245 e. The Kier molecular flexibility index (Phi) is 4.89. The van der Waals surface area contributed by atoms with Gasteiger partial charge in [-0.05, 0) is 22.9 Å². The summed E-state index contributed by atoms with van der Waals surface area (Å²) in [5.74, 6) is -0.483. The van der Waals surface area contributed by atoms with Gasteiger partial charge in [-0.3, -0.25) is 9.63 Å². The summed E-state index contributed by atoms with van der Waals surface area (Å²) < 4.78 is 0. The van der Waals surface area contributed by atoms with Gasteiger partial charge in [-0.2, -0.15) is 5.48 Å². The molecule has 0 bridgehead atoms. The zero-order valence-corrected chi connectivity index (χ0v) is 11.3. The number of hydroxylamine groups is 1. The molecule has 0 aliphatic carbocycles. The molecule has 0 saturated carbocycles. The number of rotatable bonds is 7. The minimum absolute atomic E-state index is 0.0444. The molecule has 1 atom stereocenters. The molecule has 0 saturated heterocycles. The number of amides is 1. The predicted molar refractivity (Wildman–Crippen MR) is 73.4 cm³/mol. The molecule has 1 unspecified atom stereocenters. The highest BCUT2D eigenvalue weighted by Crippen LogP contribution is 2.24. The number of thiophene rings is 2. The fourth-order valence-corrected chi connectivity index (χ4v) is 3.05. The van der Waals surface area contributed by atoms with Gasteiger partial charge in [0, 0.05) is 16.2 Å². The van der Waals surface area contributed by atoms with Crippen molar-refractivity contribution in [2.75, 3.05) is 6.61 Å². The molecule has 6 heteroatoms. The fourth-order valence-electron chi connectivity index (χ4n) is 1.53. The lowest BCUT2D eigenvalue weighted by atomic mass is 10.1. The van der Waals surface area contributed by atoms with E-state index in [-0.39, 0.29) is 12.6 Å². The number of hydrogen-bond donors (Lipinski definition) is 2. The van der Waals surface area contributed by atoms with Gasteiger partial charge in [-0.25, -0.2) is 0 Å². The van der Waals surface area contributed by atoms with Crippen molar-refractivity contribution in [3.05, 3.63) is 44.8 Å². The van der Waals surface area contributed by atoms with Crippen LogP contribution in [0.25, 0.3) is 0 Å². The first-order chi connectivity index (χ1) is 8.75. The van der Waals surface area contributed by atoms with Gasteiger partial charge in [0.05, 0.1) is 6.04 Å². The van der Waals surface area contributed by atoms with Gasteiger partial charge in [0.15, 0.2) is 0 Å². The lowest BCUT2D eigenvalue weighted by molar-refractivity contribution is -0.126. The number of carbonyl (C=O) groups excluding carboxylic acids is 1. The van der Waals surface area contributed by atoms with Gasteiger partial charge in [0.2, 0.25) is 5.91 Å². The molecular formula is C12H14N2O2S2. The Morgan fingerprint density at radius 2 is 2.11 bits per heavy atom. The molecule has 96 valence electrons. The van der Waals surface area contributed by atoms with Crippen LogP contribution >= 0.6 is 22.7 Å². The highest BCUT2D eigenvalue weighted by atomic mass is 32.1. The van der Waals surface area contributed by atoms with E-state index in [0.717, 1.165) is 6.42 Å². The molecule has 0 fully saturated rings. The molecule has 0 spiro atoms. The molecule has 0 aliphatic heterocycles. The normalized spacial score (nSPS) is 12.4. The van der Waals surface area contributed by atoms with Gasteiger partial charge in [-0.15, -0.1) is 22.7 Å². The average molecular weight is 282 g/mol. The second-order valence-electron chi connectivity index (χ2n) is 3.72. The second-order valence-corrected chi connectivity index (χ2v) is 5.74. The van der Waals surface area contributed by atoms with E-state index < -0.39 is 5.91 Å². The van der Waals surface area contributed by atoms with Crippen LogP contribution in [0.15, 0.2) is 35.0 Å². The topological polar surface area (TPSA) is 64.4 Å². The predicted octanol–water partition coefficient (Wildman–Crippen LogP) is 2.10. The second kappa shape index (κ2) is 6.65. The first-order valence-corrected chi connectivity index (χ1v) is 7.23. The number of nitrogens with two attached hydrogens (primary N) is 1. The highest BCUT2D eigenvalue weighted by Gasteiger charge is 2.14. The van der Waals surface area contributed by atoms with Crippen molar-refractivity contribution in [1.82, 2.24) is 5.48 Å². The van der Waals surface area contributed by atoms with E-state index in [4.69, 9.17) is 10.6 Å². The Balaban J connectivity index is 1.97. The van der Waals surface area contributed by atoms with Gasteiger partial charge in [0.25, 0.3) is 0 Å². The van der Waals surface area contributed by atoms with Crippen LogP contribution < -0.4 is 11.2 Å². The quantitative estimate of drug-likeness (QED) is 0.764. The first kappa shape index (κ1) is 13.2. The number of carbonyl (C=O) groups is 1. The van der Waals surface area contributed by atoms with E-state index in [0.29, 0.717) is 0 Å². The molecule has 2 rings (SSSR count). The number of hydrogen-bond acceptors (Lipinski definition) is 5. The Hall–Kier alpha value is -1.21. The lowest BCUT2D eigenvalue weighted by Crippen LogP contribution is -2.28. The molecular weight excluding hydrogens is 268 g/mol. The molecule has 0 aliphatic rings. The summed E-state index contributed by atoms with van der Waals surface area (Å²) >= 11 is 3.36.